The van der Waals surface area contributed by atoms with E-state index in [2.05, 4.69) is 29.9 Å². The van der Waals surface area contributed by atoms with Gasteiger partial charge in [0.25, 0.3) is 0 Å². The van der Waals surface area contributed by atoms with Crippen LogP contribution >= 0.6 is 0 Å². The van der Waals surface area contributed by atoms with E-state index in [0.29, 0.717) is 30.6 Å². The van der Waals surface area contributed by atoms with E-state index in [0.717, 1.165) is 73.3 Å². The highest BCUT2D eigenvalue weighted by atomic mass is 16.5. The molecule has 5 nitrogen and oxygen atoms in total. The van der Waals surface area contributed by atoms with Gasteiger partial charge in [-0.05, 0) is 95.1 Å². The van der Waals surface area contributed by atoms with Crippen LogP contribution in [0.2, 0.25) is 0 Å². The van der Waals surface area contributed by atoms with Crippen molar-refractivity contribution in [3.8, 4) is 0 Å². The fourth-order valence-electron chi connectivity index (χ4n) is 6.70. The molecule has 0 bridgehead atoms. The molecule has 0 aromatic heterocycles. The van der Waals surface area contributed by atoms with E-state index in [-0.39, 0.29) is 11.8 Å². The molecule has 2 heterocycles. The van der Waals surface area contributed by atoms with Gasteiger partial charge in [0.2, 0.25) is 0 Å². The molecule has 1 aliphatic carbocycles. The van der Waals surface area contributed by atoms with Crippen LogP contribution in [0.25, 0.3) is 0 Å². The van der Waals surface area contributed by atoms with Gasteiger partial charge in [-0.1, -0.05) is 44.5 Å². The minimum atomic E-state index is -0.829. The number of ether oxygens (including phenoxy) is 1. The van der Waals surface area contributed by atoms with Crippen LogP contribution in [0.15, 0.2) is 56.9 Å². The van der Waals surface area contributed by atoms with Gasteiger partial charge in [-0.3, -0.25) is 14.8 Å². The molecular formula is C34H48N2O3. The molecule has 0 radical (unpaired) electrons. The smallest absolute Gasteiger partial charge is 0.163 e. The van der Waals surface area contributed by atoms with Gasteiger partial charge in [-0.15, -0.1) is 0 Å². The fourth-order valence-corrected chi connectivity index (χ4v) is 6.70. The molecule has 39 heavy (non-hydrogen) atoms. The van der Waals surface area contributed by atoms with Crippen molar-refractivity contribution in [2.24, 2.45) is 27.7 Å². The number of benzene rings is 1. The molecule has 1 saturated carbocycles. The van der Waals surface area contributed by atoms with Gasteiger partial charge >= 0.3 is 0 Å². The molecule has 1 N–H and O–H groups in total. The fraction of sp³-hybridized carbons (Fsp3) is 0.618. The first-order valence-electron chi connectivity index (χ1n) is 15.1. The molecule has 5 heteroatoms. The van der Waals surface area contributed by atoms with E-state index in [1.807, 2.05) is 39.0 Å². The van der Waals surface area contributed by atoms with Crippen molar-refractivity contribution < 1.29 is 14.6 Å². The monoisotopic (exact) mass is 532 g/mol. The third-order valence-electron chi connectivity index (χ3n) is 9.23. The van der Waals surface area contributed by atoms with Gasteiger partial charge < -0.3 is 9.84 Å². The molecule has 212 valence electrons. The van der Waals surface area contributed by atoms with Crippen molar-refractivity contribution in [1.29, 1.82) is 0 Å². The second-order valence-corrected chi connectivity index (χ2v) is 12.4. The van der Waals surface area contributed by atoms with Crippen molar-refractivity contribution >= 4 is 18.2 Å². The lowest BCUT2D eigenvalue weighted by Crippen LogP contribution is -2.30. The van der Waals surface area contributed by atoms with Crippen molar-refractivity contribution in [2.45, 2.75) is 110 Å². The SMILES string of the molecule is CCC(C)(O)C1=C(C)OC(C2CCC(C)CC(CCC(=O)c3ccccc3CC3CCN=CC=N3)C2)=C(C)C1. The number of hydrogen-bond acceptors (Lipinski definition) is 5. The zero-order chi connectivity index (χ0) is 28.0. The molecule has 3 aliphatic rings. The standard InChI is InChI=1S/C34H48N2O3/c1-6-34(5,38)31-20-24(3)33(39-25(31)4)28-13-11-23(2)19-26(21-28)12-14-32(37)30-10-8-7-9-27(30)22-29-15-16-35-17-18-36-29/h7-10,17-18,23,26,28-29,38H,6,11-16,19-22H2,1-5H3. The quantitative estimate of drug-likeness (QED) is 0.262. The molecular weight excluding hydrogens is 484 g/mol. The van der Waals surface area contributed by atoms with E-state index in [1.165, 1.54) is 18.4 Å². The lowest BCUT2D eigenvalue weighted by molar-refractivity contribution is 0.0799. The Morgan fingerprint density at radius 3 is 2.72 bits per heavy atom. The maximum absolute atomic E-state index is 13.5. The maximum atomic E-state index is 13.5. The average molecular weight is 533 g/mol. The Hall–Kier alpha value is -2.53. The number of carbonyl (C=O) groups excluding carboxylic acids is 1. The van der Waals surface area contributed by atoms with Crippen LogP contribution in [-0.4, -0.2) is 41.5 Å². The van der Waals surface area contributed by atoms with Crippen LogP contribution in [-0.2, 0) is 11.2 Å². The normalized spacial score (nSPS) is 27.5. The first-order valence-corrected chi connectivity index (χ1v) is 15.1. The average Bonchev–Trinajstić information content (AvgIpc) is 3.29. The van der Waals surface area contributed by atoms with Crippen molar-refractivity contribution in [3.05, 3.63) is 58.1 Å². The Balaban J connectivity index is 1.41. The Morgan fingerprint density at radius 2 is 1.92 bits per heavy atom. The number of aliphatic hydroxyl groups is 1. The predicted molar refractivity (Wildman–Crippen MR) is 161 cm³/mol. The highest BCUT2D eigenvalue weighted by Crippen LogP contribution is 2.43. The number of carbonyl (C=O) groups is 1. The second-order valence-electron chi connectivity index (χ2n) is 12.4. The summed E-state index contributed by atoms with van der Waals surface area (Å²) >= 11 is 0. The highest BCUT2D eigenvalue weighted by molar-refractivity contribution is 6.16. The summed E-state index contributed by atoms with van der Waals surface area (Å²) in [6.07, 6.45) is 12.8. The molecule has 0 spiro atoms. The van der Waals surface area contributed by atoms with Gasteiger partial charge in [0, 0.05) is 42.4 Å². The van der Waals surface area contributed by atoms with Crippen molar-refractivity contribution in [3.63, 3.8) is 0 Å². The van der Waals surface area contributed by atoms with Crippen LogP contribution in [0, 0.1) is 17.8 Å². The zero-order valence-corrected chi connectivity index (χ0v) is 24.7. The summed E-state index contributed by atoms with van der Waals surface area (Å²) in [6.45, 7) is 11.2. The lowest BCUT2D eigenvalue weighted by atomic mass is 9.82. The molecule has 0 saturated heterocycles. The highest BCUT2D eigenvalue weighted by Gasteiger charge is 2.34. The van der Waals surface area contributed by atoms with Crippen molar-refractivity contribution in [2.75, 3.05) is 6.54 Å². The van der Waals surface area contributed by atoms with Crippen LogP contribution in [0.3, 0.4) is 0 Å². The summed E-state index contributed by atoms with van der Waals surface area (Å²) in [5, 5.41) is 10.9. The second kappa shape index (κ2) is 13.2. The number of allylic oxidation sites excluding steroid dienone is 3. The predicted octanol–water partition coefficient (Wildman–Crippen LogP) is 7.68. The summed E-state index contributed by atoms with van der Waals surface area (Å²) in [5.74, 6) is 3.76. The Bertz CT molecular complexity index is 1140. The van der Waals surface area contributed by atoms with E-state index in [9.17, 15) is 9.90 Å². The molecule has 1 fully saturated rings. The Kier molecular flexibility index (Phi) is 9.98. The van der Waals surface area contributed by atoms with Crippen LogP contribution in [0.1, 0.15) is 108 Å². The number of Topliss-reactive ketones (excluding diaryl/α,β-unsaturated/α-hetero) is 1. The van der Waals surface area contributed by atoms with Gasteiger partial charge in [0.15, 0.2) is 5.78 Å². The minimum Gasteiger partial charge on any atom is -0.466 e. The van der Waals surface area contributed by atoms with E-state index in [4.69, 9.17) is 4.74 Å². The molecule has 4 rings (SSSR count). The maximum Gasteiger partial charge on any atom is 0.163 e. The number of rotatable bonds is 9. The molecule has 5 unspecified atom stereocenters. The van der Waals surface area contributed by atoms with Gasteiger partial charge in [0.05, 0.1) is 11.6 Å². The topological polar surface area (TPSA) is 71.2 Å². The van der Waals surface area contributed by atoms with E-state index >= 15 is 0 Å². The van der Waals surface area contributed by atoms with E-state index in [1.54, 1.807) is 12.4 Å². The minimum absolute atomic E-state index is 0.177. The first kappa shape index (κ1) is 29.5. The number of ketones is 1. The summed E-state index contributed by atoms with van der Waals surface area (Å²) in [7, 11) is 0. The summed E-state index contributed by atoms with van der Waals surface area (Å²) < 4.78 is 6.48. The zero-order valence-electron chi connectivity index (χ0n) is 24.7. The number of hydrogen-bond donors (Lipinski definition) is 1. The van der Waals surface area contributed by atoms with Crippen molar-refractivity contribution in [1.82, 2.24) is 0 Å². The van der Waals surface area contributed by atoms with E-state index < -0.39 is 5.60 Å². The largest absolute Gasteiger partial charge is 0.466 e. The van der Waals surface area contributed by atoms with Crippen LogP contribution < -0.4 is 0 Å². The summed E-state index contributed by atoms with van der Waals surface area (Å²) in [6, 6.07) is 8.28. The van der Waals surface area contributed by atoms with Gasteiger partial charge in [-0.2, -0.15) is 0 Å². The molecule has 5 atom stereocenters. The van der Waals surface area contributed by atoms with Crippen LogP contribution in [0.4, 0.5) is 0 Å². The summed E-state index contributed by atoms with van der Waals surface area (Å²) in [5.41, 5.74) is 3.40. The molecule has 2 aliphatic heterocycles. The van der Waals surface area contributed by atoms with Crippen LogP contribution in [0.5, 0.6) is 0 Å². The Morgan fingerprint density at radius 1 is 1.13 bits per heavy atom. The summed E-state index contributed by atoms with van der Waals surface area (Å²) in [4.78, 5) is 22.4. The molecule has 1 aromatic carbocycles. The lowest BCUT2D eigenvalue weighted by Gasteiger charge is -2.34. The molecule has 1 aromatic rings. The number of nitrogens with zero attached hydrogens (tertiary/aromatic N) is 2. The Labute approximate surface area is 235 Å². The van der Waals surface area contributed by atoms with Gasteiger partial charge in [0.1, 0.15) is 11.5 Å². The third-order valence-corrected chi connectivity index (χ3v) is 9.23. The third kappa shape index (κ3) is 7.57. The molecule has 0 amide bonds. The number of aliphatic imine (C=N–C) groups is 2. The first-order chi connectivity index (χ1) is 18.7. The van der Waals surface area contributed by atoms with Gasteiger partial charge in [-0.25, -0.2) is 0 Å².